The third kappa shape index (κ3) is 5.72. The first-order chi connectivity index (χ1) is 11.0. The average Bonchev–Trinajstić information content (AvgIpc) is 2.54. The van der Waals surface area contributed by atoms with Gasteiger partial charge in [-0.15, -0.1) is 0 Å². The number of carbonyl (C=O) groups excluding carboxylic acids is 1. The maximum absolute atomic E-state index is 11.6. The zero-order chi connectivity index (χ0) is 17.2. The lowest BCUT2D eigenvalue weighted by Gasteiger charge is -2.23. The lowest BCUT2D eigenvalue weighted by molar-refractivity contribution is -0.143. The van der Waals surface area contributed by atoms with Gasteiger partial charge in [0, 0.05) is 6.21 Å². The largest absolute Gasteiger partial charge is 0.497 e. The summed E-state index contributed by atoms with van der Waals surface area (Å²) in [6.07, 6.45) is 1.36. The summed E-state index contributed by atoms with van der Waals surface area (Å²) in [6, 6.07) is 9.66. The van der Waals surface area contributed by atoms with E-state index in [2.05, 4.69) is 4.99 Å². The molecule has 1 aromatic rings. The van der Waals surface area contributed by atoms with Gasteiger partial charge in [0.15, 0.2) is 5.92 Å². The second kappa shape index (κ2) is 9.59. The monoisotopic (exact) mass is 317 g/mol. The smallest absolute Gasteiger partial charge is 0.328 e. The molecular weight excluding hydrogens is 294 g/mol. The molecule has 0 spiro atoms. The molecule has 0 unspecified atom stereocenters. The van der Waals surface area contributed by atoms with Gasteiger partial charge in [-0.05, 0) is 38.7 Å². The van der Waals surface area contributed by atoms with Crippen molar-refractivity contribution in [1.29, 1.82) is 5.26 Å². The summed E-state index contributed by atoms with van der Waals surface area (Å²) in [5, 5.41) is 9.01. The van der Waals surface area contributed by atoms with E-state index in [4.69, 9.17) is 14.7 Å². The van der Waals surface area contributed by atoms with E-state index in [0.29, 0.717) is 6.54 Å². The average molecular weight is 317 g/mol. The fourth-order valence-corrected chi connectivity index (χ4v) is 2.06. The second-order valence-corrected chi connectivity index (χ2v) is 5.13. The van der Waals surface area contributed by atoms with Gasteiger partial charge in [0.25, 0.3) is 0 Å². The highest BCUT2D eigenvalue weighted by atomic mass is 16.5. The van der Waals surface area contributed by atoms with Crippen LogP contribution < -0.4 is 4.74 Å². The normalized spacial score (nSPS) is 13.6. The first-order valence-electron chi connectivity index (χ1n) is 7.40. The van der Waals surface area contributed by atoms with Crippen LogP contribution in [0.3, 0.4) is 0 Å². The summed E-state index contributed by atoms with van der Waals surface area (Å²) in [4.78, 5) is 17.9. The van der Waals surface area contributed by atoms with Crippen LogP contribution in [0.1, 0.15) is 18.5 Å². The zero-order valence-corrected chi connectivity index (χ0v) is 14.0. The van der Waals surface area contributed by atoms with E-state index in [1.165, 1.54) is 6.21 Å². The van der Waals surface area contributed by atoms with Gasteiger partial charge in [0.05, 0.1) is 32.4 Å². The summed E-state index contributed by atoms with van der Waals surface area (Å²) in [7, 11) is 5.53. The number of hydrogen-bond acceptors (Lipinski definition) is 6. The number of likely N-dealkylation sites (N-methyl/N-ethyl adjacent to an activating group) is 1. The van der Waals surface area contributed by atoms with E-state index in [9.17, 15) is 4.79 Å². The van der Waals surface area contributed by atoms with E-state index in [1.54, 1.807) is 14.0 Å². The Bertz CT molecular complexity index is 579. The van der Waals surface area contributed by atoms with Crippen LogP contribution in [0.15, 0.2) is 29.3 Å². The summed E-state index contributed by atoms with van der Waals surface area (Å²) in [6.45, 7) is 2.38. The van der Waals surface area contributed by atoms with Crippen molar-refractivity contribution >= 4 is 12.2 Å². The highest BCUT2D eigenvalue weighted by molar-refractivity contribution is 5.92. The molecule has 0 saturated carbocycles. The number of rotatable bonds is 8. The van der Waals surface area contributed by atoms with Crippen LogP contribution in [0.5, 0.6) is 5.75 Å². The first-order valence-corrected chi connectivity index (χ1v) is 7.40. The summed E-state index contributed by atoms with van der Waals surface area (Å²) >= 11 is 0. The molecule has 1 aromatic carbocycles. The Morgan fingerprint density at radius 2 is 2.22 bits per heavy atom. The number of methoxy groups -OCH3 is 1. The van der Waals surface area contributed by atoms with Gasteiger partial charge in [0.2, 0.25) is 0 Å². The molecule has 1 rings (SSSR count). The number of ether oxygens (including phenoxy) is 2. The van der Waals surface area contributed by atoms with E-state index < -0.39 is 11.9 Å². The van der Waals surface area contributed by atoms with Crippen LogP contribution in [0.4, 0.5) is 0 Å². The Morgan fingerprint density at radius 1 is 1.48 bits per heavy atom. The number of nitrogens with zero attached hydrogens (tertiary/aromatic N) is 3. The topological polar surface area (TPSA) is 74.9 Å². The molecule has 0 bridgehead atoms. The Hall–Kier alpha value is -2.39. The van der Waals surface area contributed by atoms with Crippen LogP contribution in [-0.4, -0.2) is 51.4 Å². The lowest BCUT2D eigenvalue weighted by Crippen LogP contribution is -2.23. The van der Waals surface area contributed by atoms with Crippen LogP contribution in [0, 0.1) is 17.2 Å². The van der Waals surface area contributed by atoms with E-state index in [1.807, 2.05) is 49.3 Å². The van der Waals surface area contributed by atoms with Crippen molar-refractivity contribution in [2.45, 2.75) is 13.0 Å². The van der Waals surface area contributed by atoms with Gasteiger partial charge in [0.1, 0.15) is 5.75 Å². The zero-order valence-electron chi connectivity index (χ0n) is 14.0. The Labute approximate surface area is 137 Å². The van der Waals surface area contributed by atoms with Crippen LogP contribution in [0.2, 0.25) is 0 Å². The number of esters is 1. The Morgan fingerprint density at radius 3 is 2.78 bits per heavy atom. The van der Waals surface area contributed by atoms with Gasteiger partial charge in [-0.25, -0.2) is 0 Å². The molecule has 0 heterocycles. The minimum Gasteiger partial charge on any atom is -0.497 e. The van der Waals surface area contributed by atoms with Crippen molar-refractivity contribution < 1.29 is 14.3 Å². The lowest BCUT2D eigenvalue weighted by atomic mass is 10.1. The summed E-state index contributed by atoms with van der Waals surface area (Å²) in [5.74, 6) is -0.760. The molecule has 2 atom stereocenters. The minimum absolute atomic E-state index is 0.0166. The molecule has 124 valence electrons. The molecule has 0 fully saturated rings. The second-order valence-electron chi connectivity index (χ2n) is 5.13. The van der Waals surface area contributed by atoms with E-state index in [-0.39, 0.29) is 12.6 Å². The van der Waals surface area contributed by atoms with Crippen LogP contribution in [0.25, 0.3) is 0 Å². The predicted molar refractivity (Wildman–Crippen MR) is 88.5 cm³/mol. The number of hydrogen-bond donors (Lipinski definition) is 0. The number of carbonyl (C=O) groups is 1. The number of nitriles is 1. The van der Waals surface area contributed by atoms with Crippen LogP contribution in [-0.2, 0) is 9.53 Å². The number of aliphatic imine (C=N–C) groups is 1. The maximum atomic E-state index is 11.6. The highest BCUT2D eigenvalue weighted by Gasteiger charge is 2.18. The first kappa shape index (κ1) is 18.7. The Balaban J connectivity index is 2.82. The van der Waals surface area contributed by atoms with Crippen molar-refractivity contribution in [2.75, 3.05) is 34.4 Å². The Kier molecular flexibility index (Phi) is 7.78. The third-order valence-electron chi connectivity index (χ3n) is 3.31. The molecule has 0 aliphatic heterocycles. The number of benzene rings is 1. The van der Waals surface area contributed by atoms with Crippen molar-refractivity contribution in [3.8, 4) is 11.8 Å². The molecule has 0 aliphatic carbocycles. The van der Waals surface area contributed by atoms with Gasteiger partial charge >= 0.3 is 5.97 Å². The quantitative estimate of drug-likeness (QED) is 0.542. The molecule has 0 N–H and O–H groups in total. The molecule has 23 heavy (non-hydrogen) atoms. The van der Waals surface area contributed by atoms with E-state index in [0.717, 1.165) is 11.3 Å². The van der Waals surface area contributed by atoms with Crippen molar-refractivity contribution in [2.24, 2.45) is 10.9 Å². The third-order valence-corrected chi connectivity index (χ3v) is 3.31. The molecule has 6 heteroatoms. The van der Waals surface area contributed by atoms with Gasteiger partial charge < -0.3 is 14.4 Å². The molecule has 0 amide bonds. The molecule has 0 radical (unpaired) electrons. The van der Waals surface area contributed by atoms with Crippen molar-refractivity contribution in [1.82, 2.24) is 4.90 Å². The summed E-state index contributed by atoms with van der Waals surface area (Å²) in [5.41, 5.74) is 1.05. The maximum Gasteiger partial charge on any atom is 0.328 e. The molecule has 0 aliphatic rings. The van der Waals surface area contributed by atoms with Gasteiger partial charge in [-0.1, -0.05) is 12.1 Å². The minimum atomic E-state index is -0.969. The van der Waals surface area contributed by atoms with Crippen molar-refractivity contribution in [3.05, 3.63) is 29.8 Å². The van der Waals surface area contributed by atoms with Gasteiger partial charge in [-0.3, -0.25) is 9.79 Å². The SMILES string of the molecule is CCOC(=O)[C@H](C#N)C=NC[C@@H](c1cccc(OC)c1)N(C)C. The van der Waals surface area contributed by atoms with E-state index >= 15 is 0 Å². The fourth-order valence-electron chi connectivity index (χ4n) is 2.06. The standard InChI is InChI=1S/C17H23N3O3/c1-5-23-17(21)14(10-18)11-19-12-16(20(2)3)13-7-6-8-15(9-13)22-4/h6-9,11,14,16H,5,12H2,1-4H3/t14-,16+/m1/s1. The van der Waals surface area contributed by atoms with Gasteiger partial charge in [-0.2, -0.15) is 5.26 Å². The van der Waals surface area contributed by atoms with Crippen LogP contribution >= 0.6 is 0 Å². The molecule has 0 saturated heterocycles. The predicted octanol–water partition coefficient (Wildman–Crippen LogP) is 2.07. The van der Waals surface area contributed by atoms with Crippen molar-refractivity contribution in [3.63, 3.8) is 0 Å². The molecule has 6 nitrogen and oxygen atoms in total. The highest BCUT2D eigenvalue weighted by Crippen LogP contribution is 2.22. The molecule has 0 aromatic heterocycles. The molecular formula is C17H23N3O3. The fraction of sp³-hybridized carbons (Fsp3) is 0.471. The summed E-state index contributed by atoms with van der Waals surface area (Å²) < 4.78 is 10.1.